The SMILES string of the molecule is C1CC2CCN(C2)[N]1. The molecule has 2 atom stereocenters. The van der Waals surface area contributed by atoms with Gasteiger partial charge in [0.2, 0.25) is 0 Å². The van der Waals surface area contributed by atoms with Gasteiger partial charge in [-0.2, -0.15) is 5.43 Å². The molecule has 8 heavy (non-hydrogen) atoms. The van der Waals surface area contributed by atoms with E-state index in [1.165, 1.54) is 25.9 Å². The van der Waals surface area contributed by atoms with Crippen LogP contribution in [0.2, 0.25) is 0 Å². The highest BCUT2D eigenvalue weighted by Crippen LogP contribution is 2.21. The van der Waals surface area contributed by atoms with E-state index in [9.17, 15) is 0 Å². The second-order valence-electron chi connectivity index (χ2n) is 2.72. The molecule has 2 rings (SSSR count). The van der Waals surface area contributed by atoms with E-state index < -0.39 is 0 Å². The van der Waals surface area contributed by atoms with Crippen molar-refractivity contribution in [2.45, 2.75) is 12.8 Å². The molecule has 0 aromatic heterocycles. The van der Waals surface area contributed by atoms with Gasteiger partial charge < -0.3 is 0 Å². The summed E-state index contributed by atoms with van der Waals surface area (Å²) in [5.74, 6) is 0.993. The fourth-order valence-electron chi connectivity index (χ4n) is 1.56. The largest absolute Gasteiger partial charge is 0.227 e. The van der Waals surface area contributed by atoms with Crippen LogP contribution in [-0.2, 0) is 0 Å². The van der Waals surface area contributed by atoms with Crippen LogP contribution in [0, 0.1) is 5.92 Å². The van der Waals surface area contributed by atoms with E-state index in [2.05, 4.69) is 10.4 Å². The lowest BCUT2D eigenvalue weighted by Gasteiger charge is -2.19. The quantitative estimate of drug-likeness (QED) is 0.437. The Morgan fingerprint density at radius 3 is 3.12 bits per heavy atom. The molecule has 0 saturated carbocycles. The third-order valence-electron chi connectivity index (χ3n) is 2.10. The van der Waals surface area contributed by atoms with Crippen molar-refractivity contribution in [3.63, 3.8) is 0 Å². The van der Waals surface area contributed by atoms with Gasteiger partial charge in [0.25, 0.3) is 0 Å². The molecule has 2 aliphatic rings. The molecule has 0 aromatic rings. The first-order valence-corrected chi connectivity index (χ1v) is 3.37. The lowest BCUT2D eigenvalue weighted by Crippen LogP contribution is -2.34. The second-order valence-corrected chi connectivity index (χ2v) is 2.72. The highest BCUT2D eigenvalue weighted by atomic mass is 15.5. The number of rotatable bonds is 0. The van der Waals surface area contributed by atoms with Crippen LogP contribution < -0.4 is 5.43 Å². The van der Waals surface area contributed by atoms with Gasteiger partial charge >= 0.3 is 0 Å². The minimum Gasteiger partial charge on any atom is -0.227 e. The summed E-state index contributed by atoms with van der Waals surface area (Å²) in [7, 11) is 0. The first-order valence-electron chi connectivity index (χ1n) is 3.37. The summed E-state index contributed by atoms with van der Waals surface area (Å²) >= 11 is 0. The van der Waals surface area contributed by atoms with E-state index in [0.717, 1.165) is 12.5 Å². The molecule has 0 N–H and O–H groups in total. The van der Waals surface area contributed by atoms with Crippen molar-refractivity contribution in [3.05, 3.63) is 0 Å². The minimum absolute atomic E-state index is 0.993. The maximum absolute atomic E-state index is 4.32. The van der Waals surface area contributed by atoms with Crippen LogP contribution in [-0.4, -0.2) is 24.6 Å². The number of fused-ring (bicyclic) bond motifs is 2. The van der Waals surface area contributed by atoms with Crippen LogP contribution in [0.3, 0.4) is 0 Å². The molecule has 0 aromatic carbocycles. The van der Waals surface area contributed by atoms with Crippen LogP contribution in [0.4, 0.5) is 0 Å². The third kappa shape index (κ3) is 0.644. The monoisotopic (exact) mass is 111 g/mol. The summed E-state index contributed by atoms with van der Waals surface area (Å²) in [6.45, 7) is 3.56. The summed E-state index contributed by atoms with van der Waals surface area (Å²) in [5.41, 5.74) is 4.32. The van der Waals surface area contributed by atoms with Crippen molar-refractivity contribution in [3.8, 4) is 0 Å². The van der Waals surface area contributed by atoms with Crippen LogP contribution in [0.1, 0.15) is 12.8 Å². The second kappa shape index (κ2) is 1.71. The van der Waals surface area contributed by atoms with Crippen molar-refractivity contribution < 1.29 is 0 Å². The Kier molecular flexibility index (Phi) is 1.02. The van der Waals surface area contributed by atoms with Crippen LogP contribution in [0.25, 0.3) is 0 Å². The molecule has 2 fully saturated rings. The summed E-state index contributed by atoms with van der Waals surface area (Å²) in [6, 6.07) is 0. The molecule has 2 bridgehead atoms. The average Bonchev–Trinajstić information content (AvgIpc) is 2.12. The first-order chi connectivity index (χ1) is 3.95. The fourth-order valence-corrected chi connectivity index (χ4v) is 1.56. The summed E-state index contributed by atoms with van der Waals surface area (Å²) < 4.78 is 0. The Labute approximate surface area is 49.8 Å². The van der Waals surface area contributed by atoms with Crippen molar-refractivity contribution in [2.24, 2.45) is 5.92 Å². The van der Waals surface area contributed by atoms with Gasteiger partial charge in [0.05, 0.1) is 0 Å². The van der Waals surface area contributed by atoms with E-state index >= 15 is 0 Å². The highest BCUT2D eigenvalue weighted by Gasteiger charge is 2.26. The van der Waals surface area contributed by atoms with Crippen LogP contribution in [0.15, 0.2) is 0 Å². The van der Waals surface area contributed by atoms with Crippen molar-refractivity contribution in [1.29, 1.82) is 0 Å². The van der Waals surface area contributed by atoms with E-state index in [1.807, 2.05) is 0 Å². The molecular formula is C6H11N2. The number of hydrogen-bond acceptors (Lipinski definition) is 1. The van der Waals surface area contributed by atoms with Gasteiger partial charge in [0, 0.05) is 19.6 Å². The molecule has 45 valence electrons. The van der Waals surface area contributed by atoms with Gasteiger partial charge in [-0.1, -0.05) is 0 Å². The van der Waals surface area contributed by atoms with Crippen molar-refractivity contribution in [2.75, 3.05) is 19.6 Å². The fraction of sp³-hybridized carbons (Fsp3) is 1.00. The van der Waals surface area contributed by atoms with Crippen LogP contribution >= 0.6 is 0 Å². The highest BCUT2D eigenvalue weighted by molar-refractivity contribution is 4.77. The summed E-state index contributed by atoms with van der Waals surface area (Å²) in [4.78, 5) is 0. The standard InChI is InChI=1S/C6H11N2/c1-3-7-8-4-2-6(1)5-8/h6H,1-5H2. The lowest BCUT2D eigenvalue weighted by molar-refractivity contribution is 0.182. The van der Waals surface area contributed by atoms with Gasteiger partial charge in [-0.15, -0.1) is 0 Å². The van der Waals surface area contributed by atoms with E-state index in [4.69, 9.17) is 0 Å². The molecule has 2 unspecified atom stereocenters. The maximum Gasteiger partial charge on any atom is 0.0310 e. The zero-order valence-electron chi connectivity index (χ0n) is 5.01. The molecule has 2 saturated heterocycles. The third-order valence-corrected chi connectivity index (χ3v) is 2.10. The first kappa shape index (κ1) is 4.77. The Hall–Kier alpha value is -0.0800. The maximum atomic E-state index is 4.32. The number of hydrogen-bond donors (Lipinski definition) is 0. The molecular weight excluding hydrogens is 100 g/mol. The Balaban J connectivity index is 2.03. The van der Waals surface area contributed by atoms with Crippen LogP contribution in [0.5, 0.6) is 0 Å². The van der Waals surface area contributed by atoms with E-state index in [-0.39, 0.29) is 0 Å². The predicted octanol–water partition coefficient (Wildman–Crippen LogP) is 0.231. The number of nitrogens with zero attached hydrogens (tertiary/aromatic N) is 2. The van der Waals surface area contributed by atoms with Gasteiger partial charge in [0.1, 0.15) is 0 Å². The molecule has 0 aliphatic carbocycles. The Morgan fingerprint density at radius 2 is 2.38 bits per heavy atom. The van der Waals surface area contributed by atoms with Crippen molar-refractivity contribution in [1.82, 2.24) is 10.4 Å². The van der Waals surface area contributed by atoms with E-state index in [0.29, 0.717) is 0 Å². The average molecular weight is 111 g/mol. The molecule has 2 heteroatoms. The van der Waals surface area contributed by atoms with Gasteiger partial charge in [-0.3, -0.25) is 0 Å². The topological polar surface area (TPSA) is 17.3 Å². The normalized spacial score (nSPS) is 45.0. The molecule has 0 spiro atoms. The lowest BCUT2D eigenvalue weighted by atomic mass is 10.1. The van der Waals surface area contributed by atoms with Gasteiger partial charge in [-0.25, -0.2) is 5.01 Å². The zero-order valence-corrected chi connectivity index (χ0v) is 5.01. The summed E-state index contributed by atoms with van der Waals surface area (Å²) in [6.07, 6.45) is 2.74. The summed E-state index contributed by atoms with van der Waals surface area (Å²) in [5, 5.41) is 2.22. The molecule has 2 aliphatic heterocycles. The Bertz CT molecular complexity index is 78.5. The smallest absolute Gasteiger partial charge is 0.0310 e. The minimum atomic E-state index is 0.993. The molecule has 2 heterocycles. The molecule has 2 nitrogen and oxygen atoms in total. The van der Waals surface area contributed by atoms with Gasteiger partial charge in [-0.05, 0) is 18.8 Å². The Morgan fingerprint density at radius 1 is 1.38 bits per heavy atom. The molecule has 1 radical (unpaired) electrons. The molecule has 0 amide bonds. The van der Waals surface area contributed by atoms with Crippen molar-refractivity contribution >= 4 is 0 Å². The predicted molar refractivity (Wildman–Crippen MR) is 31.3 cm³/mol. The zero-order chi connectivity index (χ0) is 5.40. The van der Waals surface area contributed by atoms with Gasteiger partial charge in [0.15, 0.2) is 0 Å². The van der Waals surface area contributed by atoms with E-state index in [1.54, 1.807) is 0 Å².